The second-order valence-corrected chi connectivity index (χ2v) is 3.97. The van der Waals surface area contributed by atoms with Crippen LogP contribution in [0.2, 0.25) is 0 Å². The van der Waals surface area contributed by atoms with Gasteiger partial charge in [0.25, 0.3) is 0 Å². The molecule has 23 heavy (non-hydrogen) atoms. The van der Waals surface area contributed by atoms with Gasteiger partial charge in [-0.25, -0.2) is 22.8 Å². The van der Waals surface area contributed by atoms with Gasteiger partial charge in [-0.05, 0) is 0 Å². The van der Waals surface area contributed by atoms with E-state index in [2.05, 4.69) is 18.9 Å². The van der Waals surface area contributed by atoms with Gasteiger partial charge in [-0.2, -0.15) is 8.78 Å². The largest absolute Gasteiger partial charge is 0.514 e. The molecular weight excluding hydrogens is 335 g/mol. The van der Waals surface area contributed by atoms with Gasteiger partial charge in [0, 0.05) is 5.57 Å². The van der Waals surface area contributed by atoms with E-state index in [4.69, 9.17) is 0 Å². The van der Waals surface area contributed by atoms with Crippen molar-refractivity contribution in [3.05, 3.63) is 40.9 Å². The number of carbonyl (C=O) groups is 2. The fraction of sp³-hybridized carbons (Fsp3) is 0.167. The zero-order valence-electron chi connectivity index (χ0n) is 10.8. The van der Waals surface area contributed by atoms with Crippen LogP contribution in [-0.2, 0) is 14.2 Å². The summed E-state index contributed by atoms with van der Waals surface area (Å²) in [6, 6.07) is 0. The third kappa shape index (κ3) is 3.49. The number of hydrogen-bond donors (Lipinski definition) is 0. The van der Waals surface area contributed by atoms with Crippen LogP contribution in [0.4, 0.5) is 31.5 Å². The summed E-state index contributed by atoms with van der Waals surface area (Å²) in [5, 5.41) is 0. The molecule has 1 heterocycles. The third-order valence-electron chi connectivity index (χ3n) is 2.43. The first-order chi connectivity index (χ1) is 10.8. The van der Waals surface area contributed by atoms with Crippen molar-refractivity contribution in [3.8, 4) is 5.75 Å². The second kappa shape index (κ2) is 6.50. The average Bonchev–Trinajstić information content (AvgIpc) is 2.54. The molecule has 0 radical (unpaired) electrons. The molecule has 11 heteroatoms. The first-order valence-corrected chi connectivity index (χ1v) is 5.68. The number of ether oxygens (including phenoxy) is 4. The van der Waals surface area contributed by atoms with E-state index in [1.165, 1.54) is 0 Å². The SMILES string of the molecule is O=C1OC=C(COC(=O)Oc2c(F)c(F)c(F)c(F)c2F)CO1. The van der Waals surface area contributed by atoms with Crippen molar-refractivity contribution >= 4 is 12.3 Å². The summed E-state index contributed by atoms with van der Waals surface area (Å²) < 4.78 is 82.2. The molecule has 0 unspecified atom stereocenters. The molecule has 1 aliphatic rings. The summed E-state index contributed by atoms with van der Waals surface area (Å²) in [6.07, 6.45) is -1.83. The quantitative estimate of drug-likeness (QED) is 0.277. The van der Waals surface area contributed by atoms with Crippen LogP contribution in [0.5, 0.6) is 5.75 Å². The Bertz CT molecular complexity index is 673. The highest BCUT2D eigenvalue weighted by molar-refractivity contribution is 5.65. The Morgan fingerprint density at radius 2 is 1.61 bits per heavy atom. The molecule has 2 rings (SSSR count). The molecule has 6 nitrogen and oxygen atoms in total. The van der Waals surface area contributed by atoms with Gasteiger partial charge in [0.05, 0.1) is 0 Å². The van der Waals surface area contributed by atoms with Crippen LogP contribution in [0.25, 0.3) is 0 Å². The van der Waals surface area contributed by atoms with Crippen LogP contribution in [0.15, 0.2) is 11.8 Å². The van der Waals surface area contributed by atoms with Crippen molar-refractivity contribution in [2.45, 2.75) is 0 Å². The molecule has 1 aliphatic heterocycles. The van der Waals surface area contributed by atoms with E-state index in [0.29, 0.717) is 0 Å². The molecule has 0 amide bonds. The van der Waals surface area contributed by atoms with Crippen LogP contribution in [-0.4, -0.2) is 25.5 Å². The summed E-state index contributed by atoms with van der Waals surface area (Å²) in [7, 11) is 0. The summed E-state index contributed by atoms with van der Waals surface area (Å²) in [6.45, 7) is -0.851. The molecular formula is C12H5F5O6. The second-order valence-electron chi connectivity index (χ2n) is 3.97. The van der Waals surface area contributed by atoms with Gasteiger partial charge in [-0.3, -0.25) is 0 Å². The normalized spacial score (nSPS) is 13.8. The highest BCUT2D eigenvalue weighted by Crippen LogP contribution is 2.29. The van der Waals surface area contributed by atoms with Crippen LogP contribution in [0.1, 0.15) is 0 Å². The predicted molar refractivity (Wildman–Crippen MR) is 58.7 cm³/mol. The van der Waals surface area contributed by atoms with Crippen molar-refractivity contribution < 1.29 is 50.5 Å². The molecule has 0 atom stereocenters. The Labute approximate surface area is 124 Å². The molecule has 124 valence electrons. The smallest absolute Gasteiger partial charge is 0.429 e. The van der Waals surface area contributed by atoms with E-state index < -0.39 is 53.8 Å². The Kier molecular flexibility index (Phi) is 4.67. The average molecular weight is 340 g/mol. The fourth-order valence-corrected chi connectivity index (χ4v) is 1.37. The molecule has 0 bridgehead atoms. The summed E-state index contributed by atoms with van der Waals surface area (Å²) >= 11 is 0. The van der Waals surface area contributed by atoms with Crippen molar-refractivity contribution in [3.63, 3.8) is 0 Å². The molecule has 0 N–H and O–H groups in total. The summed E-state index contributed by atoms with van der Waals surface area (Å²) in [5.74, 6) is -13.4. The zero-order valence-corrected chi connectivity index (χ0v) is 10.8. The van der Waals surface area contributed by atoms with Crippen molar-refractivity contribution in [1.82, 2.24) is 0 Å². The van der Waals surface area contributed by atoms with Gasteiger partial charge < -0.3 is 18.9 Å². The molecule has 1 aromatic carbocycles. The molecule has 0 aromatic heterocycles. The van der Waals surface area contributed by atoms with Gasteiger partial charge >= 0.3 is 12.3 Å². The molecule has 1 aromatic rings. The van der Waals surface area contributed by atoms with Gasteiger partial charge in [0.15, 0.2) is 0 Å². The van der Waals surface area contributed by atoms with Crippen LogP contribution >= 0.6 is 0 Å². The van der Waals surface area contributed by atoms with E-state index in [9.17, 15) is 31.5 Å². The maximum atomic E-state index is 13.3. The van der Waals surface area contributed by atoms with Gasteiger partial charge in [-0.15, -0.1) is 0 Å². The molecule has 0 fully saturated rings. The first-order valence-electron chi connectivity index (χ1n) is 5.68. The van der Waals surface area contributed by atoms with Gasteiger partial charge in [0.1, 0.15) is 19.5 Å². The minimum Gasteiger partial charge on any atom is -0.429 e. The van der Waals surface area contributed by atoms with E-state index in [1.54, 1.807) is 0 Å². The van der Waals surface area contributed by atoms with Crippen LogP contribution in [0.3, 0.4) is 0 Å². The molecule has 0 aliphatic carbocycles. The number of benzene rings is 1. The van der Waals surface area contributed by atoms with Crippen molar-refractivity contribution in [2.75, 3.05) is 13.2 Å². The Balaban J connectivity index is 2.05. The Morgan fingerprint density at radius 1 is 1.04 bits per heavy atom. The van der Waals surface area contributed by atoms with Gasteiger partial charge in [-0.1, -0.05) is 0 Å². The van der Waals surface area contributed by atoms with E-state index in [0.717, 1.165) is 6.26 Å². The third-order valence-corrected chi connectivity index (χ3v) is 2.43. The maximum Gasteiger partial charge on any atom is 0.514 e. The number of rotatable bonds is 3. The zero-order chi connectivity index (χ0) is 17.1. The Morgan fingerprint density at radius 3 is 2.13 bits per heavy atom. The highest BCUT2D eigenvalue weighted by atomic mass is 19.2. The topological polar surface area (TPSA) is 71.1 Å². The molecule has 0 saturated heterocycles. The van der Waals surface area contributed by atoms with E-state index in [-0.39, 0.29) is 12.2 Å². The highest BCUT2D eigenvalue weighted by Gasteiger charge is 2.29. The summed E-state index contributed by atoms with van der Waals surface area (Å²) in [4.78, 5) is 21.8. The first kappa shape index (κ1) is 16.5. The minimum atomic E-state index is -2.40. The van der Waals surface area contributed by atoms with Crippen molar-refractivity contribution in [1.29, 1.82) is 0 Å². The predicted octanol–water partition coefficient (Wildman–Crippen LogP) is 2.95. The standard InChI is InChI=1S/C12H5F5O6/c13-5-6(14)8(16)10(9(17)7(5)15)23-12(19)22-3-4-1-20-11(18)21-2-4/h1H,2-3H2. The maximum absolute atomic E-state index is 13.3. The lowest BCUT2D eigenvalue weighted by molar-refractivity contribution is 0.0672. The molecule has 0 saturated carbocycles. The van der Waals surface area contributed by atoms with Crippen LogP contribution in [0, 0.1) is 29.1 Å². The lowest BCUT2D eigenvalue weighted by Crippen LogP contribution is -2.20. The number of hydrogen-bond acceptors (Lipinski definition) is 6. The van der Waals surface area contributed by atoms with Gasteiger partial charge in [0.2, 0.25) is 34.8 Å². The lowest BCUT2D eigenvalue weighted by atomic mass is 10.3. The van der Waals surface area contributed by atoms with E-state index in [1.807, 2.05) is 0 Å². The number of cyclic esters (lactones) is 2. The Hall–Kier alpha value is -2.85. The fourth-order valence-electron chi connectivity index (χ4n) is 1.37. The van der Waals surface area contributed by atoms with E-state index >= 15 is 0 Å². The number of halogens is 5. The lowest BCUT2D eigenvalue weighted by Gasteiger charge is -2.13. The molecule has 0 spiro atoms. The minimum absolute atomic E-state index is 0.138. The van der Waals surface area contributed by atoms with Crippen molar-refractivity contribution in [2.24, 2.45) is 0 Å². The monoisotopic (exact) mass is 340 g/mol. The summed E-state index contributed by atoms with van der Waals surface area (Å²) in [5.41, 5.74) is 0.138. The number of carbonyl (C=O) groups excluding carboxylic acids is 2. The van der Waals surface area contributed by atoms with Crippen LogP contribution < -0.4 is 4.74 Å².